The maximum Gasteiger partial charge on any atom is 0.282 e. The predicted octanol–water partition coefficient (Wildman–Crippen LogP) is 5.25. The predicted molar refractivity (Wildman–Crippen MR) is 128 cm³/mol. The number of carbonyl (C=O) groups is 1. The zero-order valence-electron chi connectivity index (χ0n) is 18.4. The number of rotatable bonds is 3. The van der Waals surface area contributed by atoms with Crippen LogP contribution in [0.4, 0.5) is 0 Å². The lowest BCUT2D eigenvalue weighted by molar-refractivity contribution is 0.0939. The second-order valence-electron chi connectivity index (χ2n) is 8.55. The Kier molecular flexibility index (Phi) is 5.21. The van der Waals surface area contributed by atoms with Gasteiger partial charge in [0.25, 0.3) is 5.56 Å². The third-order valence-corrected chi connectivity index (χ3v) is 6.53. The number of benzene rings is 2. The highest BCUT2D eigenvalue weighted by atomic mass is 16.2. The lowest BCUT2D eigenvalue weighted by atomic mass is 9.88. The normalized spacial score (nSPS) is 15.2. The molecule has 6 heteroatoms. The van der Waals surface area contributed by atoms with Crippen molar-refractivity contribution in [2.45, 2.75) is 51.9 Å². The van der Waals surface area contributed by atoms with Crippen molar-refractivity contribution in [2.24, 2.45) is 5.10 Å². The Bertz CT molecular complexity index is 1420. The molecule has 1 fully saturated rings. The highest BCUT2D eigenvalue weighted by Gasteiger charge is 2.22. The van der Waals surface area contributed by atoms with Crippen molar-refractivity contribution in [1.29, 1.82) is 0 Å². The van der Waals surface area contributed by atoms with Gasteiger partial charge in [0.1, 0.15) is 5.82 Å². The summed E-state index contributed by atoms with van der Waals surface area (Å²) in [6, 6.07) is 15.2. The van der Waals surface area contributed by atoms with Crippen molar-refractivity contribution < 1.29 is 4.79 Å². The van der Waals surface area contributed by atoms with Gasteiger partial charge in [-0.25, -0.2) is 4.98 Å². The molecule has 4 aromatic rings. The van der Waals surface area contributed by atoms with E-state index in [2.05, 4.69) is 5.10 Å². The molecule has 0 spiro atoms. The Labute approximate surface area is 186 Å². The summed E-state index contributed by atoms with van der Waals surface area (Å²) in [7, 11) is 0. The van der Waals surface area contributed by atoms with Crippen molar-refractivity contribution in [1.82, 2.24) is 14.2 Å². The Morgan fingerprint density at radius 2 is 1.72 bits per heavy atom. The minimum Gasteiger partial charge on any atom is -0.284 e. The summed E-state index contributed by atoms with van der Waals surface area (Å²) < 4.78 is 3.18. The molecule has 0 unspecified atom stereocenters. The standard InChI is InChI=1S/C26H26N4O2/c1-17-22(20-12-7-9-15-24(20)29(17)18(2)31)16-27-30-25(19-10-4-3-5-11-19)28-23-14-8-6-13-21(23)26(30)32/h6-9,12-16,19H,3-5,10-11H2,1-2H3. The van der Waals surface area contributed by atoms with E-state index in [1.54, 1.807) is 23.8 Å². The molecule has 2 aromatic carbocycles. The molecule has 1 saturated carbocycles. The van der Waals surface area contributed by atoms with Crippen molar-refractivity contribution >= 4 is 33.9 Å². The average molecular weight is 427 g/mol. The lowest BCUT2D eigenvalue weighted by Crippen LogP contribution is -2.25. The van der Waals surface area contributed by atoms with Crippen molar-refractivity contribution in [3.63, 3.8) is 0 Å². The van der Waals surface area contributed by atoms with E-state index < -0.39 is 0 Å². The highest BCUT2D eigenvalue weighted by Crippen LogP contribution is 2.32. The van der Waals surface area contributed by atoms with Gasteiger partial charge >= 0.3 is 0 Å². The van der Waals surface area contributed by atoms with Gasteiger partial charge in [-0.05, 0) is 38.0 Å². The molecule has 162 valence electrons. The number of hydrogen-bond donors (Lipinski definition) is 0. The molecule has 0 atom stereocenters. The Hall–Kier alpha value is -3.54. The fourth-order valence-electron chi connectivity index (χ4n) is 4.95. The molecule has 0 bridgehead atoms. The number of carbonyl (C=O) groups excluding carboxylic acids is 1. The summed E-state index contributed by atoms with van der Waals surface area (Å²) >= 11 is 0. The van der Waals surface area contributed by atoms with Crippen LogP contribution in [-0.2, 0) is 0 Å². The maximum atomic E-state index is 13.4. The van der Waals surface area contributed by atoms with Crippen LogP contribution in [0.2, 0.25) is 0 Å². The average Bonchev–Trinajstić information content (AvgIpc) is 3.10. The van der Waals surface area contributed by atoms with Crippen LogP contribution in [0.1, 0.15) is 66.8 Å². The van der Waals surface area contributed by atoms with Crippen molar-refractivity contribution in [2.75, 3.05) is 0 Å². The summed E-state index contributed by atoms with van der Waals surface area (Å²) in [6.45, 7) is 3.46. The van der Waals surface area contributed by atoms with Gasteiger partial charge in [-0.2, -0.15) is 9.78 Å². The lowest BCUT2D eigenvalue weighted by Gasteiger charge is -2.22. The van der Waals surface area contributed by atoms with Crippen LogP contribution in [0.5, 0.6) is 0 Å². The summed E-state index contributed by atoms with van der Waals surface area (Å²) in [5, 5.41) is 6.17. The number of hydrogen-bond acceptors (Lipinski definition) is 4. The van der Waals surface area contributed by atoms with Gasteiger partial charge in [0, 0.05) is 29.5 Å². The Morgan fingerprint density at radius 1 is 1.03 bits per heavy atom. The van der Waals surface area contributed by atoms with E-state index in [-0.39, 0.29) is 17.4 Å². The molecule has 2 aromatic heterocycles. The first-order valence-corrected chi connectivity index (χ1v) is 11.2. The van der Waals surface area contributed by atoms with Gasteiger partial charge < -0.3 is 0 Å². The van der Waals surface area contributed by atoms with E-state index >= 15 is 0 Å². The first-order valence-electron chi connectivity index (χ1n) is 11.2. The minimum atomic E-state index is -0.152. The number of aromatic nitrogens is 3. The molecule has 0 N–H and O–H groups in total. The first-order chi connectivity index (χ1) is 15.6. The van der Waals surface area contributed by atoms with Crippen LogP contribution in [0.3, 0.4) is 0 Å². The van der Waals surface area contributed by atoms with Gasteiger partial charge in [0.15, 0.2) is 0 Å². The van der Waals surface area contributed by atoms with Crippen molar-refractivity contribution in [3.05, 3.63) is 76.0 Å². The van der Waals surface area contributed by atoms with E-state index in [4.69, 9.17) is 4.98 Å². The summed E-state index contributed by atoms with van der Waals surface area (Å²) in [6.07, 6.45) is 7.25. The van der Waals surface area contributed by atoms with Crippen molar-refractivity contribution in [3.8, 4) is 0 Å². The fraction of sp³-hybridized carbons (Fsp3) is 0.308. The van der Waals surface area contributed by atoms with Crippen LogP contribution in [-0.4, -0.2) is 26.3 Å². The molecule has 6 nitrogen and oxygen atoms in total. The summed E-state index contributed by atoms with van der Waals surface area (Å²) in [5.41, 5.74) is 3.05. The smallest absolute Gasteiger partial charge is 0.282 e. The van der Waals surface area contributed by atoms with Gasteiger partial charge in [-0.1, -0.05) is 49.6 Å². The van der Waals surface area contributed by atoms with Crippen LogP contribution in [0.15, 0.2) is 58.4 Å². The second kappa shape index (κ2) is 8.19. The van der Waals surface area contributed by atoms with Gasteiger partial charge in [0.2, 0.25) is 5.91 Å². The third-order valence-electron chi connectivity index (χ3n) is 6.53. The third kappa shape index (κ3) is 3.36. The van der Waals surface area contributed by atoms with Gasteiger partial charge in [-0.3, -0.25) is 14.2 Å². The largest absolute Gasteiger partial charge is 0.284 e. The second-order valence-corrected chi connectivity index (χ2v) is 8.55. The summed E-state index contributed by atoms with van der Waals surface area (Å²) in [4.78, 5) is 30.6. The molecule has 0 aliphatic heterocycles. The molecule has 5 rings (SSSR count). The monoisotopic (exact) mass is 426 g/mol. The molecular formula is C26H26N4O2. The number of fused-ring (bicyclic) bond motifs is 2. The van der Waals surface area contributed by atoms with Crippen LogP contribution in [0.25, 0.3) is 21.8 Å². The topological polar surface area (TPSA) is 69.2 Å². The zero-order valence-corrected chi connectivity index (χ0v) is 18.4. The summed E-state index contributed by atoms with van der Waals surface area (Å²) in [5.74, 6) is 0.904. The molecule has 2 heterocycles. The molecule has 0 radical (unpaired) electrons. The Morgan fingerprint density at radius 3 is 2.47 bits per heavy atom. The molecule has 32 heavy (non-hydrogen) atoms. The quantitative estimate of drug-likeness (QED) is 0.420. The molecule has 0 saturated heterocycles. The molecule has 1 aliphatic rings. The van der Waals surface area contributed by atoms with E-state index in [1.165, 1.54) is 11.1 Å². The number of nitrogens with zero attached hydrogens (tertiary/aromatic N) is 4. The van der Waals surface area contributed by atoms with E-state index in [9.17, 15) is 9.59 Å². The molecular weight excluding hydrogens is 400 g/mol. The minimum absolute atomic E-state index is 0.0502. The van der Waals surface area contributed by atoms with E-state index in [0.29, 0.717) is 10.9 Å². The van der Waals surface area contributed by atoms with E-state index in [1.807, 2.05) is 49.4 Å². The Balaban J connectivity index is 1.71. The first kappa shape index (κ1) is 20.4. The van der Waals surface area contributed by atoms with Crippen LogP contribution in [0, 0.1) is 6.92 Å². The SMILES string of the molecule is CC(=O)n1c(C)c(C=Nn2c(C3CCCCC3)nc3ccccc3c2=O)c2ccccc21. The van der Waals surface area contributed by atoms with E-state index in [0.717, 1.165) is 53.7 Å². The van der Waals surface area contributed by atoms with Gasteiger partial charge in [0.05, 0.1) is 22.6 Å². The maximum absolute atomic E-state index is 13.4. The molecule has 1 aliphatic carbocycles. The van der Waals surface area contributed by atoms with Crippen LogP contribution >= 0.6 is 0 Å². The molecule has 0 amide bonds. The fourth-order valence-corrected chi connectivity index (χ4v) is 4.95. The zero-order chi connectivity index (χ0) is 22.2. The van der Waals surface area contributed by atoms with Gasteiger partial charge in [-0.15, -0.1) is 0 Å². The highest BCUT2D eigenvalue weighted by molar-refractivity contribution is 6.05. The van der Waals surface area contributed by atoms with Crippen LogP contribution < -0.4 is 5.56 Å². The number of para-hydroxylation sites is 2.